The van der Waals surface area contributed by atoms with Crippen LogP contribution in [0.2, 0.25) is 0 Å². The van der Waals surface area contributed by atoms with E-state index in [0.29, 0.717) is 11.3 Å². The molecular formula is C22H22N3Na2O3S+. The molecule has 1 aliphatic carbocycles. The van der Waals surface area contributed by atoms with Gasteiger partial charge in [0.1, 0.15) is 10.1 Å². The molecule has 0 radical (unpaired) electrons. The van der Waals surface area contributed by atoms with E-state index in [1.165, 1.54) is 12.1 Å². The van der Waals surface area contributed by atoms with Gasteiger partial charge in [0.2, 0.25) is 0 Å². The fourth-order valence-electron chi connectivity index (χ4n) is 3.21. The van der Waals surface area contributed by atoms with Crippen molar-refractivity contribution in [3.63, 3.8) is 0 Å². The third kappa shape index (κ3) is 6.66. The fraction of sp³-hybridized carbons (Fsp3) is 0.136. The number of nitrogen functional groups attached to an aromatic ring is 1. The predicted molar refractivity (Wildman–Crippen MR) is 114 cm³/mol. The first kappa shape index (κ1) is 27.9. The molecule has 0 aliphatic heterocycles. The van der Waals surface area contributed by atoms with Crippen LogP contribution in [0, 0.1) is 13.0 Å². The summed E-state index contributed by atoms with van der Waals surface area (Å²) in [6.07, 6.45) is 8.25. The Morgan fingerprint density at radius 2 is 1.77 bits per heavy atom. The molecule has 9 heteroatoms. The fourth-order valence-corrected chi connectivity index (χ4v) is 3.83. The molecule has 1 aliphatic rings. The molecule has 0 aromatic heterocycles. The van der Waals surface area contributed by atoms with Crippen molar-refractivity contribution in [1.82, 2.24) is 0 Å². The monoisotopic (exact) mass is 454 g/mol. The molecule has 0 heterocycles. The molecule has 6 nitrogen and oxygen atoms in total. The third-order valence-corrected chi connectivity index (χ3v) is 5.47. The van der Waals surface area contributed by atoms with Gasteiger partial charge in [-0.2, -0.15) is 12.2 Å². The van der Waals surface area contributed by atoms with Crippen LogP contribution in [0.1, 0.15) is 23.6 Å². The van der Waals surface area contributed by atoms with E-state index in [9.17, 15) is 13.0 Å². The number of allylic oxidation sites excluding steroid dienone is 5. The minimum atomic E-state index is -4.71. The van der Waals surface area contributed by atoms with Crippen LogP contribution >= 0.6 is 0 Å². The van der Waals surface area contributed by atoms with E-state index in [2.05, 4.69) is 11.4 Å². The Morgan fingerprint density at radius 1 is 1.13 bits per heavy atom. The van der Waals surface area contributed by atoms with Crippen molar-refractivity contribution < 1.29 is 77.5 Å². The molecule has 2 aromatic carbocycles. The first-order chi connectivity index (χ1) is 13.7. The summed E-state index contributed by atoms with van der Waals surface area (Å²) in [5.41, 5.74) is 11.1. The second-order valence-corrected chi connectivity index (χ2v) is 8.02. The van der Waals surface area contributed by atoms with E-state index in [1.807, 2.05) is 38.1 Å². The summed E-state index contributed by atoms with van der Waals surface area (Å²) in [5.74, 6) is 0. The van der Waals surface area contributed by atoms with Gasteiger partial charge >= 0.3 is 59.1 Å². The van der Waals surface area contributed by atoms with Gasteiger partial charge < -0.3 is 15.6 Å². The minimum absolute atomic E-state index is 0. The number of benzene rings is 2. The van der Waals surface area contributed by atoms with Crippen LogP contribution in [-0.4, -0.2) is 25.2 Å². The van der Waals surface area contributed by atoms with Gasteiger partial charge in [0.15, 0.2) is 0 Å². The van der Waals surface area contributed by atoms with Crippen LogP contribution < -0.4 is 75.6 Å². The van der Waals surface area contributed by atoms with Gasteiger partial charge in [0, 0.05) is 17.9 Å². The summed E-state index contributed by atoms with van der Waals surface area (Å²) in [5, 5.41) is 9.07. The number of nitrogens with one attached hydrogen (secondary N) is 1. The first-order valence-corrected chi connectivity index (χ1v) is 10.5. The van der Waals surface area contributed by atoms with Gasteiger partial charge in [-0.05, 0) is 48.7 Å². The summed E-state index contributed by atoms with van der Waals surface area (Å²) < 4.78 is 34.9. The summed E-state index contributed by atoms with van der Waals surface area (Å²) in [6.45, 7) is 4.81. The SMILES string of the molecule is CCNc1ccc(/C(=C2\C=[C-]C(=[NH2+])C=C2)c2ccc(N)c(S(=O)(=O)[O-])c2)cc1C.[Na+].[Na+]. The second-order valence-electron chi connectivity index (χ2n) is 6.67. The van der Waals surface area contributed by atoms with Crippen molar-refractivity contribution in [2.45, 2.75) is 18.7 Å². The molecule has 150 valence electrons. The van der Waals surface area contributed by atoms with Crippen molar-refractivity contribution in [1.29, 1.82) is 0 Å². The maximum atomic E-state index is 11.6. The summed E-state index contributed by atoms with van der Waals surface area (Å²) >= 11 is 0. The maximum absolute atomic E-state index is 11.6. The van der Waals surface area contributed by atoms with Crippen LogP contribution in [0.5, 0.6) is 0 Å². The molecular weight excluding hydrogens is 432 g/mol. The number of hydrogen-bond acceptors (Lipinski definition) is 5. The number of hydrogen-bond donors (Lipinski definition) is 3. The van der Waals surface area contributed by atoms with Crippen molar-refractivity contribution in [2.75, 3.05) is 17.6 Å². The van der Waals surface area contributed by atoms with E-state index in [4.69, 9.17) is 11.1 Å². The van der Waals surface area contributed by atoms with Crippen LogP contribution in [0.4, 0.5) is 11.4 Å². The maximum Gasteiger partial charge on any atom is 1.00 e. The number of aryl methyl sites for hydroxylation is 1. The zero-order valence-corrected chi connectivity index (χ0v) is 23.0. The molecule has 2 aromatic rings. The third-order valence-electron chi connectivity index (χ3n) is 4.58. The predicted octanol–water partition coefficient (Wildman–Crippen LogP) is -4.15. The number of rotatable bonds is 5. The second kappa shape index (κ2) is 11.6. The topological polar surface area (TPSA) is 121 Å². The molecule has 31 heavy (non-hydrogen) atoms. The smallest absolute Gasteiger partial charge is 0.744 e. The number of nitrogens with two attached hydrogens (primary N) is 2. The molecule has 0 spiro atoms. The largest absolute Gasteiger partial charge is 1.00 e. The Balaban J connectivity index is 0.00000240. The van der Waals surface area contributed by atoms with Gasteiger partial charge in [-0.3, -0.25) is 5.41 Å². The Hall–Kier alpha value is -1.16. The van der Waals surface area contributed by atoms with Gasteiger partial charge in [0.25, 0.3) is 0 Å². The molecule has 0 saturated heterocycles. The van der Waals surface area contributed by atoms with Gasteiger partial charge in [0.05, 0.1) is 10.6 Å². The Bertz CT molecular complexity index is 1170. The van der Waals surface area contributed by atoms with Crippen LogP contribution in [0.3, 0.4) is 0 Å². The van der Waals surface area contributed by atoms with Gasteiger partial charge in [-0.15, -0.1) is 17.7 Å². The van der Waals surface area contributed by atoms with E-state index in [-0.39, 0.29) is 64.8 Å². The van der Waals surface area contributed by atoms with Crippen LogP contribution in [0.15, 0.2) is 65.1 Å². The zero-order valence-electron chi connectivity index (χ0n) is 18.2. The van der Waals surface area contributed by atoms with E-state index >= 15 is 0 Å². The average molecular weight is 454 g/mol. The first-order valence-electron chi connectivity index (χ1n) is 9.06. The molecule has 0 saturated carbocycles. The standard InChI is InChI=1S/C22H22N3O3S.2Na/c1-3-25-20-11-7-16(12-14(20)2)22(15-4-8-18(23)9-5-15)17-6-10-19(24)21(13-17)29(26,27)28;;/h4-8,10-13,23,25H,3,24H2,1-2H3,(H,26,27,28);;/q-1;2*+1/b22-15+,23-18?;;. The number of anilines is 2. The molecule has 3 rings (SSSR count). The van der Waals surface area contributed by atoms with Crippen molar-refractivity contribution in [3.8, 4) is 0 Å². The quantitative estimate of drug-likeness (QED) is 0.183. The molecule has 0 atom stereocenters. The molecule has 0 unspecified atom stereocenters. The van der Waals surface area contributed by atoms with E-state index in [0.717, 1.165) is 34.5 Å². The van der Waals surface area contributed by atoms with Crippen molar-refractivity contribution in [2.24, 2.45) is 0 Å². The summed E-state index contributed by atoms with van der Waals surface area (Å²) in [6, 6.07) is 10.4. The van der Waals surface area contributed by atoms with Crippen LogP contribution in [-0.2, 0) is 10.1 Å². The zero-order chi connectivity index (χ0) is 21.2. The Labute approximate surface area is 227 Å². The Kier molecular flexibility index (Phi) is 10.5. The molecule has 0 bridgehead atoms. The van der Waals surface area contributed by atoms with Gasteiger partial charge in [-0.1, -0.05) is 23.8 Å². The molecule has 5 N–H and O–H groups in total. The molecule has 0 fully saturated rings. The Morgan fingerprint density at radius 3 is 2.32 bits per heavy atom. The average Bonchev–Trinajstić information content (AvgIpc) is 2.66. The van der Waals surface area contributed by atoms with Crippen molar-refractivity contribution >= 4 is 32.8 Å². The van der Waals surface area contributed by atoms with Crippen LogP contribution in [0.25, 0.3) is 5.57 Å². The van der Waals surface area contributed by atoms with Gasteiger partial charge in [-0.25, -0.2) is 8.42 Å². The van der Waals surface area contributed by atoms with E-state index < -0.39 is 15.0 Å². The molecule has 0 amide bonds. The summed E-state index contributed by atoms with van der Waals surface area (Å²) in [4.78, 5) is -0.437. The minimum Gasteiger partial charge on any atom is -0.744 e. The summed E-state index contributed by atoms with van der Waals surface area (Å²) in [7, 11) is -4.71. The normalized spacial score (nSPS) is 14.5. The van der Waals surface area contributed by atoms with E-state index in [1.54, 1.807) is 18.2 Å². The van der Waals surface area contributed by atoms with Crippen molar-refractivity contribution in [3.05, 3.63) is 83.0 Å².